The van der Waals surface area contributed by atoms with Gasteiger partial charge in [-0.05, 0) is 25.1 Å². The maximum Gasteiger partial charge on any atom is 0.416 e. The van der Waals surface area contributed by atoms with Crippen LogP contribution in [0.3, 0.4) is 0 Å². The highest BCUT2D eigenvalue weighted by molar-refractivity contribution is 5.58. The van der Waals surface area contributed by atoms with Gasteiger partial charge >= 0.3 is 6.18 Å². The van der Waals surface area contributed by atoms with E-state index in [2.05, 4.69) is 5.32 Å². The van der Waals surface area contributed by atoms with Gasteiger partial charge < -0.3 is 10.1 Å². The summed E-state index contributed by atoms with van der Waals surface area (Å²) in [6, 6.07) is 3.36. The van der Waals surface area contributed by atoms with Crippen LogP contribution in [0.2, 0.25) is 0 Å². The van der Waals surface area contributed by atoms with Crippen molar-refractivity contribution in [3.05, 3.63) is 23.8 Å². The van der Waals surface area contributed by atoms with E-state index in [0.29, 0.717) is 18.0 Å². The van der Waals surface area contributed by atoms with Gasteiger partial charge in [0.25, 0.3) is 0 Å². The van der Waals surface area contributed by atoms with Crippen molar-refractivity contribution in [3.8, 4) is 5.75 Å². The molecule has 0 fully saturated rings. The van der Waals surface area contributed by atoms with Crippen LogP contribution in [-0.2, 0) is 6.18 Å². The van der Waals surface area contributed by atoms with Gasteiger partial charge in [-0.3, -0.25) is 0 Å². The molecule has 0 aliphatic carbocycles. The lowest BCUT2D eigenvalue weighted by Gasteiger charge is -2.13. The molecule has 0 radical (unpaired) electrons. The second kappa shape index (κ2) is 4.42. The van der Waals surface area contributed by atoms with Crippen molar-refractivity contribution >= 4 is 5.69 Å². The number of hydrogen-bond donors (Lipinski definition) is 1. The van der Waals surface area contributed by atoms with Crippen molar-refractivity contribution in [2.75, 3.05) is 19.0 Å². The minimum Gasteiger partial charge on any atom is -0.492 e. The molecular weight excluding hydrogens is 207 g/mol. The molecule has 0 unspecified atom stereocenters. The number of hydrogen-bond acceptors (Lipinski definition) is 2. The Bertz CT molecular complexity index is 336. The van der Waals surface area contributed by atoms with Crippen LogP contribution in [0, 0.1) is 0 Å². The number of rotatable bonds is 3. The number of alkyl halides is 3. The molecule has 1 N–H and O–H groups in total. The van der Waals surface area contributed by atoms with Crippen LogP contribution in [0.4, 0.5) is 18.9 Å². The van der Waals surface area contributed by atoms with E-state index in [9.17, 15) is 13.2 Å². The summed E-state index contributed by atoms with van der Waals surface area (Å²) in [4.78, 5) is 0. The third-order valence-electron chi connectivity index (χ3n) is 1.88. The predicted molar refractivity (Wildman–Crippen MR) is 52.2 cm³/mol. The molecule has 0 aliphatic heterocycles. The Hall–Kier alpha value is -1.39. The fourth-order valence-electron chi connectivity index (χ4n) is 1.18. The molecule has 0 saturated carbocycles. The van der Waals surface area contributed by atoms with Crippen LogP contribution in [-0.4, -0.2) is 13.7 Å². The molecule has 84 valence electrons. The third kappa shape index (κ3) is 2.78. The summed E-state index contributed by atoms with van der Waals surface area (Å²) in [7, 11) is 1.55. The van der Waals surface area contributed by atoms with Gasteiger partial charge in [-0.1, -0.05) is 0 Å². The van der Waals surface area contributed by atoms with Gasteiger partial charge in [0.1, 0.15) is 5.75 Å². The quantitative estimate of drug-likeness (QED) is 0.843. The highest BCUT2D eigenvalue weighted by atomic mass is 19.4. The molecule has 0 aliphatic rings. The summed E-state index contributed by atoms with van der Waals surface area (Å²) in [6.07, 6.45) is -4.32. The number of halogens is 3. The van der Waals surface area contributed by atoms with E-state index in [0.717, 1.165) is 12.1 Å². The van der Waals surface area contributed by atoms with Crippen molar-refractivity contribution in [3.63, 3.8) is 0 Å². The van der Waals surface area contributed by atoms with Crippen LogP contribution < -0.4 is 10.1 Å². The first-order valence-electron chi connectivity index (χ1n) is 4.50. The van der Waals surface area contributed by atoms with E-state index < -0.39 is 11.7 Å². The normalized spacial score (nSPS) is 11.3. The highest BCUT2D eigenvalue weighted by Crippen LogP contribution is 2.34. The van der Waals surface area contributed by atoms with Crippen LogP contribution in [0.5, 0.6) is 5.75 Å². The minimum atomic E-state index is -4.32. The Morgan fingerprint density at radius 1 is 1.33 bits per heavy atom. The van der Waals surface area contributed by atoms with Crippen molar-refractivity contribution in [1.82, 2.24) is 0 Å². The van der Waals surface area contributed by atoms with E-state index in [1.807, 2.05) is 0 Å². The summed E-state index contributed by atoms with van der Waals surface area (Å²) in [5, 5.41) is 2.67. The van der Waals surface area contributed by atoms with Crippen LogP contribution >= 0.6 is 0 Å². The van der Waals surface area contributed by atoms with Crippen molar-refractivity contribution < 1.29 is 17.9 Å². The van der Waals surface area contributed by atoms with E-state index in [1.54, 1.807) is 14.0 Å². The molecule has 0 spiro atoms. The van der Waals surface area contributed by atoms with Crippen molar-refractivity contribution in [2.45, 2.75) is 13.1 Å². The molecule has 0 aromatic heterocycles. The highest BCUT2D eigenvalue weighted by Gasteiger charge is 2.31. The summed E-state index contributed by atoms with van der Waals surface area (Å²) < 4.78 is 42.2. The lowest BCUT2D eigenvalue weighted by atomic mass is 10.2. The van der Waals surface area contributed by atoms with Gasteiger partial charge in [0.15, 0.2) is 0 Å². The Morgan fingerprint density at radius 2 is 2.00 bits per heavy atom. The molecule has 0 atom stereocenters. The Labute approximate surface area is 86.1 Å². The van der Waals surface area contributed by atoms with E-state index in [1.165, 1.54) is 6.07 Å². The molecule has 0 heterocycles. The van der Waals surface area contributed by atoms with Gasteiger partial charge in [-0.2, -0.15) is 13.2 Å². The number of anilines is 1. The summed E-state index contributed by atoms with van der Waals surface area (Å²) in [5.41, 5.74) is -0.345. The zero-order valence-corrected chi connectivity index (χ0v) is 8.48. The first-order chi connectivity index (χ1) is 6.99. The standard InChI is InChI=1S/C10H12F3NO/c1-3-15-9-5-4-7(10(11,12)13)6-8(9)14-2/h4-6,14H,3H2,1-2H3. The summed E-state index contributed by atoms with van der Waals surface area (Å²) >= 11 is 0. The predicted octanol–water partition coefficient (Wildman–Crippen LogP) is 3.15. The van der Waals surface area contributed by atoms with E-state index in [4.69, 9.17) is 4.74 Å². The van der Waals surface area contributed by atoms with E-state index in [-0.39, 0.29) is 0 Å². The van der Waals surface area contributed by atoms with Gasteiger partial charge in [0, 0.05) is 7.05 Å². The largest absolute Gasteiger partial charge is 0.492 e. The molecule has 0 bridgehead atoms. The zero-order valence-electron chi connectivity index (χ0n) is 8.48. The van der Waals surface area contributed by atoms with Crippen LogP contribution in [0.25, 0.3) is 0 Å². The summed E-state index contributed by atoms with van der Waals surface area (Å²) in [6.45, 7) is 2.19. The maximum absolute atomic E-state index is 12.4. The maximum atomic E-state index is 12.4. The number of nitrogens with one attached hydrogen (secondary N) is 1. The van der Waals surface area contributed by atoms with Crippen molar-refractivity contribution in [2.24, 2.45) is 0 Å². The van der Waals surface area contributed by atoms with Crippen LogP contribution in [0.1, 0.15) is 12.5 Å². The van der Waals surface area contributed by atoms with Gasteiger partial charge in [0.2, 0.25) is 0 Å². The molecule has 0 amide bonds. The van der Waals surface area contributed by atoms with Gasteiger partial charge in [0.05, 0.1) is 17.9 Å². The molecule has 1 aromatic rings. The average Bonchev–Trinajstić information content (AvgIpc) is 2.17. The second-order valence-corrected chi connectivity index (χ2v) is 2.89. The van der Waals surface area contributed by atoms with Gasteiger partial charge in [-0.15, -0.1) is 0 Å². The zero-order chi connectivity index (χ0) is 11.5. The van der Waals surface area contributed by atoms with E-state index >= 15 is 0 Å². The third-order valence-corrected chi connectivity index (χ3v) is 1.88. The number of benzene rings is 1. The van der Waals surface area contributed by atoms with Crippen molar-refractivity contribution in [1.29, 1.82) is 0 Å². The first kappa shape index (κ1) is 11.7. The molecular formula is C10H12F3NO. The molecule has 2 nitrogen and oxygen atoms in total. The lowest BCUT2D eigenvalue weighted by Crippen LogP contribution is -2.06. The monoisotopic (exact) mass is 219 g/mol. The fourth-order valence-corrected chi connectivity index (χ4v) is 1.18. The first-order valence-corrected chi connectivity index (χ1v) is 4.50. The molecule has 1 aromatic carbocycles. The molecule has 5 heteroatoms. The Balaban J connectivity index is 3.08. The second-order valence-electron chi connectivity index (χ2n) is 2.89. The Morgan fingerprint density at radius 3 is 2.47 bits per heavy atom. The van der Waals surface area contributed by atoms with Gasteiger partial charge in [-0.25, -0.2) is 0 Å². The Kier molecular flexibility index (Phi) is 3.44. The lowest BCUT2D eigenvalue weighted by molar-refractivity contribution is -0.137. The molecule has 15 heavy (non-hydrogen) atoms. The smallest absolute Gasteiger partial charge is 0.416 e. The summed E-state index contributed by atoms with van der Waals surface area (Å²) in [5.74, 6) is 0.424. The average molecular weight is 219 g/mol. The SMILES string of the molecule is CCOc1ccc(C(F)(F)F)cc1NC. The fraction of sp³-hybridized carbons (Fsp3) is 0.400. The number of ether oxygens (including phenoxy) is 1. The topological polar surface area (TPSA) is 21.3 Å². The molecule has 0 saturated heterocycles. The van der Waals surface area contributed by atoms with Crippen LogP contribution in [0.15, 0.2) is 18.2 Å². The molecule has 1 rings (SSSR count). The minimum absolute atomic E-state index is 0.340.